The maximum atomic E-state index is 13.8. The fourth-order valence-electron chi connectivity index (χ4n) is 5.51. The first-order chi connectivity index (χ1) is 16.8. The smallest absolute Gasteiger partial charge is 0.310 e. The molecule has 1 saturated heterocycles. The summed E-state index contributed by atoms with van der Waals surface area (Å²) < 4.78 is 5.38. The number of unbranched alkanes of at least 4 members (excludes halogenated alkanes) is 3. The predicted octanol–water partition coefficient (Wildman–Crippen LogP) is 4.01. The van der Waals surface area contributed by atoms with Crippen LogP contribution in [-0.4, -0.2) is 53.6 Å². The number of carbonyl (C=O) groups is 3. The van der Waals surface area contributed by atoms with Crippen LogP contribution >= 0.6 is 0 Å². The fraction of sp³-hybridized carbons (Fsp3) is 0.607. The molecule has 2 N–H and O–H groups in total. The molecule has 1 aromatic carbocycles. The minimum Gasteiger partial charge on any atom is -0.466 e. The fourth-order valence-corrected chi connectivity index (χ4v) is 5.51. The third-order valence-electron chi connectivity index (χ3n) is 7.37. The predicted molar refractivity (Wildman–Crippen MR) is 136 cm³/mol. The van der Waals surface area contributed by atoms with Crippen LogP contribution in [0.4, 0.5) is 5.69 Å². The van der Waals surface area contributed by atoms with Crippen LogP contribution in [0.5, 0.6) is 0 Å². The summed E-state index contributed by atoms with van der Waals surface area (Å²) in [5.74, 6) is -2.39. The van der Waals surface area contributed by atoms with Crippen LogP contribution in [0.15, 0.2) is 30.4 Å². The molecule has 1 fully saturated rings. The maximum Gasteiger partial charge on any atom is 0.310 e. The number of likely N-dealkylation sites (tertiary alicyclic amines) is 1. The summed E-state index contributed by atoms with van der Waals surface area (Å²) in [5, 5.41) is 12.1. The molecule has 0 aromatic heterocycles. The Kier molecular flexibility index (Phi) is 9.49. The highest BCUT2D eigenvalue weighted by Gasteiger charge is 2.57. The Morgan fingerprint density at radius 2 is 1.83 bits per heavy atom. The van der Waals surface area contributed by atoms with E-state index in [0.29, 0.717) is 6.54 Å². The summed E-state index contributed by atoms with van der Waals surface area (Å²) in [5.41, 5.74) is 2.73. The van der Waals surface area contributed by atoms with Crippen LogP contribution in [0.3, 0.4) is 0 Å². The second-order valence-corrected chi connectivity index (χ2v) is 9.76. The topological polar surface area (TPSA) is 95.9 Å². The molecule has 0 saturated carbocycles. The monoisotopic (exact) mass is 484 g/mol. The van der Waals surface area contributed by atoms with Crippen LogP contribution in [0, 0.1) is 37.5 Å². The van der Waals surface area contributed by atoms with Crippen molar-refractivity contribution in [3.8, 4) is 0 Å². The molecule has 3 rings (SSSR count). The molecule has 5 atom stereocenters. The van der Waals surface area contributed by atoms with E-state index >= 15 is 0 Å². The van der Waals surface area contributed by atoms with Gasteiger partial charge >= 0.3 is 5.97 Å². The number of aliphatic hydroxyl groups excluding tert-OH is 1. The second-order valence-electron chi connectivity index (χ2n) is 9.76. The van der Waals surface area contributed by atoms with Crippen molar-refractivity contribution >= 4 is 23.5 Å². The van der Waals surface area contributed by atoms with Crippen molar-refractivity contribution in [2.45, 2.75) is 65.8 Å². The summed E-state index contributed by atoms with van der Waals surface area (Å²) >= 11 is 0. The summed E-state index contributed by atoms with van der Waals surface area (Å²) in [6.07, 6.45) is 7.89. The minimum atomic E-state index is -0.684. The molecule has 1 aromatic rings. The second kappa shape index (κ2) is 12.3. The van der Waals surface area contributed by atoms with Crippen molar-refractivity contribution in [1.29, 1.82) is 0 Å². The van der Waals surface area contributed by atoms with Crippen LogP contribution in [0.1, 0.15) is 57.1 Å². The summed E-state index contributed by atoms with van der Waals surface area (Å²) in [4.78, 5) is 42.2. The van der Waals surface area contributed by atoms with Crippen molar-refractivity contribution in [3.63, 3.8) is 0 Å². The number of aliphatic hydroxyl groups is 1. The summed E-state index contributed by atoms with van der Waals surface area (Å²) in [6, 6.07) is 5.22. The molecular weight excluding hydrogens is 444 g/mol. The van der Waals surface area contributed by atoms with E-state index in [2.05, 4.69) is 5.32 Å². The van der Waals surface area contributed by atoms with E-state index in [9.17, 15) is 14.4 Å². The lowest BCUT2D eigenvalue weighted by Crippen LogP contribution is -2.44. The lowest BCUT2D eigenvalue weighted by molar-refractivity contribution is -0.155. The average Bonchev–Trinajstić information content (AvgIpc) is 3.12. The number of nitrogens with zero attached hydrogens (tertiary/aromatic N) is 1. The number of benzene rings is 1. The highest BCUT2D eigenvalue weighted by Crippen LogP contribution is 2.45. The van der Waals surface area contributed by atoms with E-state index in [1.807, 2.05) is 51.1 Å². The van der Waals surface area contributed by atoms with Crippen molar-refractivity contribution in [3.05, 3.63) is 41.5 Å². The van der Waals surface area contributed by atoms with Gasteiger partial charge in [0.1, 0.15) is 6.04 Å². The van der Waals surface area contributed by atoms with Gasteiger partial charge in [-0.15, -0.1) is 0 Å². The van der Waals surface area contributed by atoms with Crippen LogP contribution in [-0.2, 0) is 19.1 Å². The number of carbonyl (C=O) groups excluding carboxylic acids is 3. The van der Waals surface area contributed by atoms with Gasteiger partial charge in [0, 0.05) is 24.8 Å². The molecule has 1 aliphatic carbocycles. The first-order valence-corrected chi connectivity index (χ1v) is 13.0. The zero-order valence-corrected chi connectivity index (χ0v) is 21.5. The number of fused-ring (bicyclic) bond motifs is 1. The van der Waals surface area contributed by atoms with Crippen LogP contribution in [0.2, 0.25) is 0 Å². The van der Waals surface area contributed by atoms with E-state index < -0.39 is 17.9 Å². The number of esters is 1. The van der Waals surface area contributed by atoms with E-state index in [0.717, 1.165) is 48.9 Å². The Morgan fingerprint density at radius 1 is 1.09 bits per heavy atom. The van der Waals surface area contributed by atoms with E-state index in [1.165, 1.54) is 0 Å². The number of hydrogen-bond donors (Lipinski definition) is 2. The molecule has 0 spiro atoms. The number of hydrogen-bond acceptors (Lipinski definition) is 5. The molecule has 1 aliphatic heterocycles. The van der Waals surface area contributed by atoms with Gasteiger partial charge in [0.05, 0.1) is 18.4 Å². The van der Waals surface area contributed by atoms with Crippen molar-refractivity contribution in [2.75, 3.05) is 25.1 Å². The maximum absolute atomic E-state index is 13.8. The van der Waals surface area contributed by atoms with Crippen molar-refractivity contribution in [2.24, 2.45) is 23.7 Å². The lowest BCUT2D eigenvalue weighted by Gasteiger charge is -2.33. The largest absolute Gasteiger partial charge is 0.466 e. The Labute approximate surface area is 208 Å². The molecule has 35 heavy (non-hydrogen) atoms. The lowest BCUT2D eigenvalue weighted by atomic mass is 9.69. The first-order valence-electron chi connectivity index (χ1n) is 13.0. The van der Waals surface area contributed by atoms with Gasteiger partial charge in [-0.1, -0.05) is 44.1 Å². The molecule has 2 aliphatic rings. The summed E-state index contributed by atoms with van der Waals surface area (Å²) in [6.45, 7) is 8.54. The molecule has 7 nitrogen and oxygen atoms in total. The van der Waals surface area contributed by atoms with Gasteiger partial charge in [0.25, 0.3) is 0 Å². The SMILES string of the molecule is CCOC(=O)[C@H]1[C@@H]2C(=O)N(CCCCCCO)[C@H](C(=O)Nc3cc(C)ccc3C)[C@H]2C=C[C@H]1CC. The number of amides is 2. The standard InChI is InChI=1S/C28H40N2O5/c1-5-20-13-14-21-24(23(20)28(34)35-6-2)27(33)30(15-9-7-8-10-16-31)25(21)26(32)29-22-17-18(3)11-12-19(22)4/h11-14,17,20-21,23-25,31H,5-10,15-16H2,1-4H3,(H,29,32)/t20-,21+,23-,24-,25+/m1/s1. The third-order valence-corrected chi connectivity index (χ3v) is 7.37. The summed E-state index contributed by atoms with van der Waals surface area (Å²) in [7, 11) is 0. The molecule has 0 radical (unpaired) electrons. The number of anilines is 1. The van der Waals surface area contributed by atoms with Gasteiger partial charge < -0.3 is 20.1 Å². The normalized spacial score (nSPS) is 25.5. The minimum absolute atomic E-state index is 0.0912. The van der Waals surface area contributed by atoms with Gasteiger partial charge in [-0.3, -0.25) is 14.4 Å². The molecule has 192 valence electrons. The first kappa shape index (κ1) is 26.9. The number of ether oxygens (including phenoxy) is 1. The Hall–Kier alpha value is -2.67. The third kappa shape index (κ3) is 5.95. The van der Waals surface area contributed by atoms with Gasteiger partial charge in [0.2, 0.25) is 11.8 Å². The van der Waals surface area contributed by atoms with Gasteiger partial charge in [0.15, 0.2) is 0 Å². The number of nitrogens with one attached hydrogen (secondary N) is 1. The number of allylic oxidation sites excluding steroid dienone is 1. The van der Waals surface area contributed by atoms with Crippen LogP contribution in [0.25, 0.3) is 0 Å². The zero-order chi connectivity index (χ0) is 25.5. The van der Waals surface area contributed by atoms with Gasteiger partial charge in [-0.2, -0.15) is 0 Å². The van der Waals surface area contributed by atoms with Crippen molar-refractivity contribution in [1.82, 2.24) is 4.90 Å². The molecule has 2 amide bonds. The highest BCUT2D eigenvalue weighted by atomic mass is 16.5. The van der Waals surface area contributed by atoms with E-state index in [1.54, 1.807) is 11.8 Å². The highest BCUT2D eigenvalue weighted by molar-refractivity contribution is 6.02. The van der Waals surface area contributed by atoms with Crippen molar-refractivity contribution < 1.29 is 24.2 Å². The molecule has 0 bridgehead atoms. The molecule has 7 heteroatoms. The van der Waals surface area contributed by atoms with E-state index in [4.69, 9.17) is 9.84 Å². The Balaban J connectivity index is 1.92. The van der Waals surface area contributed by atoms with Crippen LogP contribution < -0.4 is 5.32 Å². The van der Waals surface area contributed by atoms with Gasteiger partial charge in [-0.25, -0.2) is 0 Å². The number of aryl methyl sites for hydroxylation is 2. The molecule has 1 heterocycles. The quantitative estimate of drug-likeness (QED) is 0.281. The average molecular weight is 485 g/mol. The number of rotatable bonds is 11. The van der Waals surface area contributed by atoms with Gasteiger partial charge in [-0.05, 0) is 63.1 Å². The van der Waals surface area contributed by atoms with E-state index in [-0.39, 0.29) is 42.8 Å². The zero-order valence-electron chi connectivity index (χ0n) is 21.5. The Morgan fingerprint density at radius 3 is 2.51 bits per heavy atom. The molecule has 0 unspecified atom stereocenters. The Bertz CT molecular complexity index is 943. The molecular formula is C28H40N2O5.